The van der Waals surface area contributed by atoms with Gasteiger partial charge in [-0.3, -0.25) is 4.79 Å². The van der Waals surface area contributed by atoms with Crippen molar-refractivity contribution in [2.45, 2.75) is 49.5 Å². The normalized spacial score (nSPS) is 39.8. The number of hydrogen-bond donors (Lipinski definition) is 2. The lowest BCUT2D eigenvalue weighted by molar-refractivity contribution is -0.123. The summed E-state index contributed by atoms with van der Waals surface area (Å²) in [7, 11) is 0. The fraction of sp³-hybridized carbons (Fsp3) is 0.917. The van der Waals surface area contributed by atoms with Crippen LogP contribution in [-0.2, 0) is 4.79 Å². The van der Waals surface area contributed by atoms with Crippen LogP contribution >= 0.6 is 23.2 Å². The van der Waals surface area contributed by atoms with Crippen LogP contribution in [0.1, 0.15) is 39.0 Å². The first-order valence-corrected chi connectivity index (χ1v) is 6.94. The van der Waals surface area contributed by atoms with Crippen LogP contribution in [0.4, 0.5) is 0 Å². The molecule has 2 N–H and O–H groups in total. The van der Waals surface area contributed by atoms with Crippen molar-refractivity contribution in [3.05, 3.63) is 0 Å². The third-order valence-corrected chi connectivity index (χ3v) is 4.92. The summed E-state index contributed by atoms with van der Waals surface area (Å²) in [5.74, 6) is -0.371. The van der Waals surface area contributed by atoms with Crippen molar-refractivity contribution in [3.63, 3.8) is 0 Å². The number of aliphatic hydroxyl groups excluding tert-OH is 1. The number of carbonyl (C=O) groups is 1. The summed E-state index contributed by atoms with van der Waals surface area (Å²) in [6.07, 6.45) is 4.16. The number of amides is 1. The Morgan fingerprint density at radius 1 is 1.47 bits per heavy atom. The number of aliphatic hydroxyl groups is 1. The Hall–Kier alpha value is 0.01000. The molecule has 0 aliphatic heterocycles. The fourth-order valence-electron chi connectivity index (χ4n) is 2.50. The highest BCUT2D eigenvalue weighted by Crippen LogP contribution is 2.53. The average molecular weight is 280 g/mol. The Balaban J connectivity index is 1.83. The van der Waals surface area contributed by atoms with E-state index in [0.29, 0.717) is 13.0 Å². The molecule has 98 valence electrons. The lowest BCUT2D eigenvalue weighted by atomic mass is 9.73. The van der Waals surface area contributed by atoms with E-state index in [1.807, 2.05) is 6.92 Å². The second-order valence-corrected chi connectivity index (χ2v) is 7.19. The molecule has 3 atom stereocenters. The molecule has 3 nitrogen and oxygen atoms in total. The van der Waals surface area contributed by atoms with E-state index in [9.17, 15) is 9.90 Å². The first kappa shape index (κ1) is 13.4. The number of halogens is 2. The van der Waals surface area contributed by atoms with Crippen LogP contribution in [0.15, 0.2) is 0 Å². The first-order valence-electron chi connectivity index (χ1n) is 6.19. The number of carbonyl (C=O) groups excluding carboxylic acids is 1. The number of hydrogen-bond acceptors (Lipinski definition) is 2. The zero-order valence-electron chi connectivity index (χ0n) is 10.0. The maximum atomic E-state index is 11.8. The predicted molar refractivity (Wildman–Crippen MR) is 68.1 cm³/mol. The Kier molecular flexibility index (Phi) is 3.64. The minimum atomic E-state index is -0.865. The molecule has 0 bridgehead atoms. The minimum absolute atomic E-state index is 0.0889. The minimum Gasteiger partial charge on any atom is -0.392 e. The molecule has 0 radical (unpaired) electrons. The summed E-state index contributed by atoms with van der Waals surface area (Å²) < 4.78 is -0.865. The summed E-state index contributed by atoms with van der Waals surface area (Å²) in [6.45, 7) is 2.53. The lowest BCUT2D eigenvalue weighted by Gasteiger charge is -2.38. The molecule has 2 aliphatic rings. The van der Waals surface area contributed by atoms with Crippen molar-refractivity contribution in [2.24, 2.45) is 11.3 Å². The van der Waals surface area contributed by atoms with Gasteiger partial charge in [0.1, 0.15) is 4.33 Å². The fourth-order valence-corrected chi connectivity index (χ4v) is 3.00. The zero-order valence-corrected chi connectivity index (χ0v) is 11.5. The van der Waals surface area contributed by atoms with Crippen LogP contribution in [0.2, 0.25) is 0 Å². The summed E-state index contributed by atoms with van der Waals surface area (Å²) >= 11 is 11.7. The van der Waals surface area contributed by atoms with Crippen LogP contribution in [-0.4, -0.2) is 28.0 Å². The van der Waals surface area contributed by atoms with Gasteiger partial charge in [0, 0.05) is 12.0 Å². The van der Waals surface area contributed by atoms with Gasteiger partial charge in [-0.15, -0.1) is 23.2 Å². The summed E-state index contributed by atoms with van der Waals surface area (Å²) in [6, 6.07) is 0. The number of rotatable bonds is 3. The molecule has 2 fully saturated rings. The number of nitrogens with one attached hydrogen (secondary N) is 1. The van der Waals surface area contributed by atoms with Crippen LogP contribution in [0.5, 0.6) is 0 Å². The molecule has 2 rings (SSSR count). The van der Waals surface area contributed by atoms with Gasteiger partial charge in [-0.05, 0) is 19.3 Å². The highest BCUT2D eigenvalue weighted by atomic mass is 35.5. The van der Waals surface area contributed by atoms with E-state index in [1.54, 1.807) is 0 Å². The van der Waals surface area contributed by atoms with Gasteiger partial charge in [-0.2, -0.15) is 0 Å². The average Bonchev–Trinajstić information content (AvgIpc) is 2.89. The standard InChI is InChI=1S/C12H19Cl2NO2/c1-11(5-3-2-4-9(11)16)7-15-10(17)8-6-12(8,13)14/h8-9,16H,2-7H2,1H3,(H,15,17)/t8-,9+,11-/m1/s1. The van der Waals surface area contributed by atoms with Crippen molar-refractivity contribution < 1.29 is 9.90 Å². The summed E-state index contributed by atoms with van der Waals surface area (Å²) in [5.41, 5.74) is -0.204. The molecule has 0 spiro atoms. The van der Waals surface area contributed by atoms with E-state index >= 15 is 0 Å². The van der Waals surface area contributed by atoms with Gasteiger partial charge in [0.25, 0.3) is 0 Å². The van der Waals surface area contributed by atoms with Crippen LogP contribution in [0.3, 0.4) is 0 Å². The molecule has 1 amide bonds. The Bertz CT molecular complexity index is 322. The maximum absolute atomic E-state index is 11.8. The largest absolute Gasteiger partial charge is 0.392 e. The van der Waals surface area contributed by atoms with E-state index in [4.69, 9.17) is 23.2 Å². The van der Waals surface area contributed by atoms with E-state index in [2.05, 4.69) is 5.32 Å². The van der Waals surface area contributed by atoms with Crippen molar-refractivity contribution in [1.29, 1.82) is 0 Å². The Labute approximate surface area is 112 Å². The quantitative estimate of drug-likeness (QED) is 0.779. The smallest absolute Gasteiger partial charge is 0.226 e. The van der Waals surface area contributed by atoms with E-state index < -0.39 is 4.33 Å². The second kappa shape index (κ2) is 4.60. The predicted octanol–water partition coefficient (Wildman–Crippen LogP) is 2.24. The molecule has 0 heterocycles. The highest BCUT2D eigenvalue weighted by Gasteiger charge is 2.56. The molecule has 0 unspecified atom stereocenters. The molecular formula is C12H19Cl2NO2. The summed E-state index contributed by atoms with van der Waals surface area (Å²) in [4.78, 5) is 11.8. The van der Waals surface area contributed by atoms with Gasteiger partial charge in [-0.1, -0.05) is 19.8 Å². The van der Waals surface area contributed by atoms with Crippen molar-refractivity contribution in [2.75, 3.05) is 6.54 Å². The molecule has 0 aromatic carbocycles. The van der Waals surface area contributed by atoms with E-state index in [1.165, 1.54) is 0 Å². The van der Waals surface area contributed by atoms with Gasteiger partial charge < -0.3 is 10.4 Å². The molecule has 17 heavy (non-hydrogen) atoms. The van der Waals surface area contributed by atoms with E-state index in [0.717, 1.165) is 25.7 Å². The van der Waals surface area contributed by atoms with Crippen molar-refractivity contribution in [1.82, 2.24) is 5.32 Å². The first-order chi connectivity index (χ1) is 7.85. The SMILES string of the molecule is C[C@]1(CNC(=O)[C@H]2CC2(Cl)Cl)CCCC[C@@H]1O. The molecule has 0 aromatic rings. The van der Waals surface area contributed by atoms with Gasteiger partial charge in [0.2, 0.25) is 5.91 Å². The lowest BCUT2D eigenvalue weighted by Crippen LogP contribution is -2.45. The Morgan fingerprint density at radius 2 is 2.12 bits per heavy atom. The van der Waals surface area contributed by atoms with Gasteiger partial charge in [-0.25, -0.2) is 0 Å². The second-order valence-electron chi connectivity index (χ2n) is 5.65. The third kappa shape index (κ3) is 2.88. The molecule has 0 saturated heterocycles. The van der Waals surface area contributed by atoms with Crippen LogP contribution < -0.4 is 5.32 Å². The van der Waals surface area contributed by atoms with Crippen molar-refractivity contribution in [3.8, 4) is 0 Å². The highest BCUT2D eigenvalue weighted by molar-refractivity contribution is 6.52. The molecule has 0 aromatic heterocycles. The van der Waals surface area contributed by atoms with Crippen LogP contribution in [0.25, 0.3) is 0 Å². The zero-order chi connectivity index (χ0) is 12.7. The number of alkyl halides is 2. The van der Waals surface area contributed by atoms with Gasteiger partial charge >= 0.3 is 0 Å². The monoisotopic (exact) mass is 279 g/mol. The molecule has 5 heteroatoms. The van der Waals surface area contributed by atoms with Gasteiger partial charge in [0.15, 0.2) is 0 Å². The summed E-state index contributed by atoms with van der Waals surface area (Å²) in [5, 5.41) is 12.9. The molecular weight excluding hydrogens is 261 g/mol. The molecule has 2 aliphatic carbocycles. The molecule has 2 saturated carbocycles. The topological polar surface area (TPSA) is 49.3 Å². The van der Waals surface area contributed by atoms with Gasteiger partial charge in [0.05, 0.1) is 12.0 Å². The third-order valence-electron chi connectivity index (χ3n) is 4.09. The van der Waals surface area contributed by atoms with Crippen molar-refractivity contribution >= 4 is 29.1 Å². The maximum Gasteiger partial charge on any atom is 0.226 e. The Morgan fingerprint density at radius 3 is 2.65 bits per heavy atom. The van der Waals surface area contributed by atoms with E-state index in [-0.39, 0.29) is 23.3 Å². The van der Waals surface area contributed by atoms with Crippen LogP contribution in [0, 0.1) is 11.3 Å².